The average Bonchev–Trinajstić information content (AvgIpc) is 2.60. The lowest BCUT2D eigenvalue weighted by Gasteiger charge is -2.19. The fourth-order valence-corrected chi connectivity index (χ4v) is 2.12. The van der Waals surface area contributed by atoms with Crippen molar-refractivity contribution in [1.29, 1.82) is 0 Å². The first-order valence-electron chi connectivity index (χ1n) is 7.95. The average molecular weight is 382 g/mol. The lowest BCUT2D eigenvalue weighted by molar-refractivity contribution is -0.155. The molecule has 0 aromatic heterocycles. The summed E-state index contributed by atoms with van der Waals surface area (Å²) >= 11 is 0. The van der Waals surface area contributed by atoms with E-state index in [1.807, 2.05) is 20.8 Å². The van der Waals surface area contributed by atoms with Crippen molar-refractivity contribution in [2.45, 2.75) is 52.7 Å². The molecule has 1 atom stereocenters. The monoisotopic (exact) mass is 382 g/mol. The van der Waals surface area contributed by atoms with E-state index in [0.717, 1.165) is 0 Å². The van der Waals surface area contributed by atoms with Crippen LogP contribution >= 0.6 is 0 Å². The van der Waals surface area contributed by atoms with Crippen LogP contribution in [0.3, 0.4) is 0 Å². The zero-order chi connectivity index (χ0) is 20.0. The topological polar surface area (TPSA) is 52.6 Å². The molecule has 1 aromatic carbocycles. The Labute approximate surface area is 147 Å². The van der Waals surface area contributed by atoms with Gasteiger partial charge in [0.2, 0.25) is 5.82 Å². The van der Waals surface area contributed by atoms with Gasteiger partial charge >= 0.3 is 11.9 Å². The van der Waals surface area contributed by atoms with Gasteiger partial charge in [-0.05, 0) is 12.3 Å². The molecule has 1 rings (SSSR count). The van der Waals surface area contributed by atoms with E-state index < -0.39 is 59.6 Å². The number of rotatable bonds is 8. The number of halogens is 5. The van der Waals surface area contributed by atoms with Gasteiger partial charge in [0, 0.05) is 0 Å². The number of esters is 2. The number of carbonyl (C=O) groups excluding carboxylic acids is 2. The van der Waals surface area contributed by atoms with Crippen molar-refractivity contribution < 1.29 is 41.0 Å². The van der Waals surface area contributed by atoms with Crippen LogP contribution in [0.1, 0.15) is 45.6 Å². The molecule has 4 nitrogen and oxygen atoms in total. The molecule has 0 fully saturated rings. The fourth-order valence-electron chi connectivity index (χ4n) is 2.12. The molecule has 0 heterocycles. The third kappa shape index (κ3) is 5.40. The molecule has 0 amide bonds. The van der Waals surface area contributed by atoms with Crippen LogP contribution in [0.5, 0.6) is 0 Å². The lowest BCUT2D eigenvalue weighted by atomic mass is 10.1. The summed E-state index contributed by atoms with van der Waals surface area (Å²) in [5.41, 5.74) is -1.26. The summed E-state index contributed by atoms with van der Waals surface area (Å²) in [6.45, 7) is 4.40. The second-order valence-electron chi connectivity index (χ2n) is 5.89. The largest absolute Gasteiger partial charge is 0.462 e. The molecule has 0 spiro atoms. The fraction of sp³-hybridized carbons (Fsp3) is 0.529. The zero-order valence-corrected chi connectivity index (χ0v) is 14.5. The Morgan fingerprint density at radius 2 is 1.31 bits per heavy atom. The third-order valence-electron chi connectivity index (χ3n) is 3.64. The van der Waals surface area contributed by atoms with E-state index in [9.17, 15) is 31.5 Å². The molecule has 9 heteroatoms. The van der Waals surface area contributed by atoms with E-state index in [1.54, 1.807) is 0 Å². The minimum Gasteiger partial charge on any atom is -0.462 e. The summed E-state index contributed by atoms with van der Waals surface area (Å²) in [5, 5.41) is 0. The molecule has 1 aromatic rings. The summed E-state index contributed by atoms with van der Waals surface area (Å²) in [6, 6.07) is 0. The van der Waals surface area contributed by atoms with Crippen LogP contribution in [0.15, 0.2) is 0 Å². The Morgan fingerprint density at radius 3 is 1.77 bits per heavy atom. The van der Waals surface area contributed by atoms with Crippen LogP contribution in [0.4, 0.5) is 22.0 Å². The number of ether oxygens (including phenoxy) is 2. The Kier molecular flexibility index (Phi) is 7.98. The van der Waals surface area contributed by atoms with Gasteiger partial charge in [-0.15, -0.1) is 0 Å². The SMILES string of the molecule is CCC(OC(=O)CCC(=O)OCc1c(F)c(F)c(F)c(F)c1F)C(C)C. The van der Waals surface area contributed by atoms with Crippen LogP contribution in [-0.2, 0) is 25.7 Å². The number of hydrogen-bond donors (Lipinski definition) is 0. The summed E-state index contributed by atoms with van der Waals surface area (Å²) in [6.07, 6.45) is -0.511. The molecule has 0 aliphatic carbocycles. The highest BCUT2D eigenvalue weighted by Crippen LogP contribution is 2.23. The summed E-state index contributed by atoms with van der Waals surface area (Å²) in [5.74, 6) is -12.3. The van der Waals surface area contributed by atoms with Gasteiger partial charge in [0.1, 0.15) is 12.7 Å². The van der Waals surface area contributed by atoms with Gasteiger partial charge in [0.25, 0.3) is 0 Å². The van der Waals surface area contributed by atoms with Gasteiger partial charge in [-0.2, -0.15) is 0 Å². The van der Waals surface area contributed by atoms with E-state index in [4.69, 9.17) is 4.74 Å². The highest BCUT2D eigenvalue weighted by molar-refractivity contribution is 5.77. The van der Waals surface area contributed by atoms with E-state index in [1.165, 1.54) is 0 Å². The van der Waals surface area contributed by atoms with E-state index >= 15 is 0 Å². The summed E-state index contributed by atoms with van der Waals surface area (Å²) in [7, 11) is 0. The standard InChI is InChI=1S/C17H19F5O4/c1-4-10(8(2)3)26-12(24)6-5-11(23)25-7-9-13(18)15(20)17(22)16(21)14(9)19/h8,10H,4-7H2,1-3H3. The maximum atomic E-state index is 13.4. The lowest BCUT2D eigenvalue weighted by Crippen LogP contribution is -2.23. The maximum Gasteiger partial charge on any atom is 0.306 e. The Hall–Kier alpha value is -2.19. The second-order valence-corrected chi connectivity index (χ2v) is 5.89. The number of hydrogen-bond acceptors (Lipinski definition) is 4. The quantitative estimate of drug-likeness (QED) is 0.293. The summed E-state index contributed by atoms with van der Waals surface area (Å²) in [4.78, 5) is 23.2. The maximum absolute atomic E-state index is 13.4. The molecule has 0 aliphatic heterocycles. The molecule has 0 saturated carbocycles. The minimum atomic E-state index is -2.30. The number of benzene rings is 1. The van der Waals surface area contributed by atoms with Gasteiger partial charge in [-0.1, -0.05) is 20.8 Å². The first-order chi connectivity index (χ1) is 12.1. The molecule has 0 N–H and O–H groups in total. The van der Waals surface area contributed by atoms with Crippen molar-refractivity contribution in [1.82, 2.24) is 0 Å². The van der Waals surface area contributed by atoms with Crippen molar-refractivity contribution in [3.05, 3.63) is 34.6 Å². The molecule has 1 unspecified atom stereocenters. The van der Waals surface area contributed by atoms with Crippen molar-refractivity contribution >= 4 is 11.9 Å². The van der Waals surface area contributed by atoms with E-state index in [2.05, 4.69) is 4.74 Å². The molecule has 0 radical (unpaired) electrons. The number of carbonyl (C=O) groups is 2. The Morgan fingerprint density at radius 1 is 0.846 bits per heavy atom. The van der Waals surface area contributed by atoms with Crippen LogP contribution in [0.25, 0.3) is 0 Å². The highest BCUT2D eigenvalue weighted by atomic mass is 19.2. The van der Waals surface area contributed by atoms with Crippen molar-refractivity contribution in [3.63, 3.8) is 0 Å². The second kappa shape index (κ2) is 9.49. The van der Waals surface area contributed by atoms with Gasteiger partial charge in [0.15, 0.2) is 23.3 Å². The normalized spacial score (nSPS) is 12.2. The molecular weight excluding hydrogens is 363 g/mol. The van der Waals surface area contributed by atoms with Crippen molar-refractivity contribution in [3.8, 4) is 0 Å². The van der Waals surface area contributed by atoms with Crippen molar-refractivity contribution in [2.75, 3.05) is 0 Å². The first kappa shape index (κ1) is 21.9. The van der Waals surface area contributed by atoms with Gasteiger partial charge in [0.05, 0.1) is 18.4 Å². The third-order valence-corrected chi connectivity index (χ3v) is 3.64. The van der Waals surface area contributed by atoms with Crippen LogP contribution in [0, 0.1) is 35.0 Å². The molecule has 146 valence electrons. The van der Waals surface area contributed by atoms with E-state index in [0.29, 0.717) is 6.42 Å². The molecule has 0 bridgehead atoms. The van der Waals surface area contributed by atoms with Crippen molar-refractivity contribution in [2.24, 2.45) is 5.92 Å². The zero-order valence-electron chi connectivity index (χ0n) is 14.5. The van der Waals surface area contributed by atoms with E-state index in [-0.39, 0.29) is 18.4 Å². The molecule has 0 aliphatic rings. The van der Waals surface area contributed by atoms with Crippen LogP contribution in [-0.4, -0.2) is 18.0 Å². The predicted molar refractivity (Wildman–Crippen MR) is 80.3 cm³/mol. The molecular formula is C17H19F5O4. The molecule has 26 heavy (non-hydrogen) atoms. The van der Waals surface area contributed by atoms with Crippen LogP contribution in [0.2, 0.25) is 0 Å². The smallest absolute Gasteiger partial charge is 0.306 e. The Bertz CT molecular complexity index is 647. The Balaban J connectivity index is 2.60. The molecule has 0 saturated heterocycles. The summed E-state index contributed by atoms with van der Waals surface area (Å²) < 4.78 is 75.5. The van der Waals surface area contributed by atoms with Gasteiger partial charge in [-0.3, -0.25) is 9.59 Å². The highest BCUT2D eigenvalue weighted by Gasteiger charge is 2.26. The predicted octanol–water partition coefficient (Wildman–Crippen LogP) is 4.18. The van der Waals surface area contributed by atoms with Gasteiger partial charge < -0.3 is 9.47 Å². The van der Waals surface area contributed by atoms with Crippen LogP contribution < -0.4 is 0 Å². The van der Waals surface area contributed by atoms with Gasteiger partial charge in [-0.25, -0.2) is 22.0 Å². The minimum absolute atomic E-state index is 0.0881. The first-order valence-corrected chi connectivity index (χ1v) is 7.95.